The first-order valence-corrected chi connectivity index (χ1v) is 9.98. The van der Waals surface area contributed by atoms with Gasteiger partial charge in [0.1, 0.15) is 11.5 Å². The third kappa shape index (κ3) is 5.46. The van der Waals surface area contributed by atoms with Crippen molar-refractivity contribution in [2.45, 2.75) is 13.8 Å². The average molecular weight is 398 g/mol. The highest BCUT2D eigenvalue weighted by Crippen LogP contribution is 2.50. The lowest BCUT2D eigenvalue weighted by atomic mass is 10.2. The molecule has 0 fully saturated rings. The van der Waals surface area contributed by atoms with Crippen LogP contribution in [0.25, 0.3) is 0 Å². The molecule has 0 N–H and O–H groups in total. The molecule has 0 atom stereocenters. The van der Waals surface area contributed by atoms with E-state index < -0.39 is 13.8 Å². The zero-order valence-electron chi connectivity index (χ0n) is 15.4. The van der Waals surface area contributed by atoms with Gasteiger partial charge >= 0.3 is 13.8 Å². The van der Waals surface area contributed by atoms with E-state index in [0.29, 0.717) is 0 Å². The molecule has 0 radical (unpaired) electrons. The minimum Gasteiger partial charge on any atom is -0.393 e. The van der Waals surface area contributed by atoms with Crippen molar-refractivity contribution in [3.8, 4) is 11.5 Å². The summed E-state index contributed by atoms with van der Waals surface area (Å²) in [5.74, 6) is -0.325. The minimum atomic E-state index is -4.31. The Morgan fingerprint density at radius 1 is 0.714 bits per heavy atom. The number of hydrogen-bond acceptors (Lipinski definition) is 6. The molecule has 0 saturated heterocycles. The fraction of sp³-hybridized carbons (Fsp3) is 0.0952. The highest BCUT2D eigenvalue weighted by molar-refractivity contribution is 7.49. The molecule has 0 amide bonds. The topological polar surface area (TPSA) is 71.1 Å². The highest BCUT2D eigenvalue weighted by Gasteiger charge is 2.35. The molecule has 7 heteroatoms. The molecule has 0 aliphatic carbocycles. The van der Waals surface area contributed by atoms with E-state index in [4.69, 9.17) is 18.6 Å². The van der Waals surface area contributed by atoms with Gasteiger partial charge in [-0.2, -0.15) is 0 Å². The number of carbonyl (C=O) groups excluding carboxylic acids is 1. The Balaban J connectivity index is 1.78. The second kappa shape index (κ2) is 8.74. The second-order valence-corrected chi connectivity index (χ2v) is 7.48. The highest BCUT2D eigenvalue weighted by atomic mass is 31.2. The quantitative estimate of drug-likeness (QED) is 0.291. The molecule has 0 spiro atoms. The van der Waals surface area contributed by atoms with Crippen LogP contribution in [0.2, 0.25) is 0 Å². The Labute approximate surface area is 163 Å². The van der Waals surface area contributed by atoms with E-state index in [1.165, 1.54) is 12.1 Å². The number of phosphoric acid groups is 1. The summed E-state index contributed by atoms with van der Waals surface area (Å²) in [6, 6.07) is 21.7. The van der Waals surface area contributed by atoms with Crippen LogP contribution in [0.15, 0.2) is 78.9 Å². The maximum Gasteiger partial charge on any atom is 0.625 e. The van der Waals surface area contributed by atoms with Crippen LogP contribution >= 0.6 is 7.82 Å². The summed E-state index contributed by atoms with van der Waals surface area (Å²) in [6.45, 7) is 3.81. The summed E-state index contributed by atoms with van der Waals surface area (Å²) in [6.07, 6.45) is 0. The molecule has 28 heavy (non-hydrogen) atoms. The van der Waals surface area contributed by atoms with Gasteiger partial charge in [0, 0.05) is 0 Å². The largest absolute Gasteiger partial charge is 0.625 e. The summed E-state index contributed by atoms with van der Waals surface area (Å²) >= 11 is 0. The molecular weight excluding hydrogens is 379 g/mol. The van der Waals surface area contributed by atoms with Crippen LogP contribution in [-0.4, -0.2) is 5.97 Å². The normalized spacial score (nSPS) is 10.9. The van der Waals surface area contributed by atoms with Gasteiger partial charge in [0.05, 0.1) is 5.56 Å². The van der Waals surface area contributed by atoms with Crippen LogP contribution in [-0.2, 0) is 14.1 Å². The summed E-state index contributed by atoms with van der Waals surface area (Å²) < 4.78 is 28.8. The molecule has 3 rings (SSSR count). The molecule has 0 heterocycles. The lowest BCUT2D eigenvalue weighted by molar-refractivity contribution is -0.163. The lowest BCUT2D eigenvalue weighted by Crippen LogP contribution is -2.10. The van der Waals surface area contributed by atoms with Gasteiger partial charge < -0.3 is 9.05 Å². The van der Waals surface area contributed by atoms with Crippen LogP contribution < -0.4 is 9.05 Å². The number of aryl methyl sites for hydroxylation is 2. The molecule has 144 valence electrons. The first kappa shape index (κ1) is 19.7. The van der Waals surface area contributed by atoms with Crippen LogP contribution in [0.4, 0.5) is 0 Å². The molecule has 0 aromatic heterocycles. The number of carbonyl (C=O) groups is 1. The number of phosphoric ester groups is 1. The van der Waals surface area contributed by atoms with Gasteiger partial charge in [0.15, 0.2) is 0 Å². The fourth-order valence-corrected chi connectivity index (χ4v) is 3.22. The van der Waals surface area contributed by atoms with E-state index in [-0.39, 0.29) is 17.1 Å². The van der Waals surface area contributed by atoms with Gasteiger partial charge in [-0.3, -0.25) is 4.89 Å². The monoisotopic (exact) mass is 398 g/mol. The van der Waals surface area contributed by atoms with Crippen molar-refractivity contribution in [2.75, 3.05) is 0 Å². The van der Waals surface area contributed by atoms with E-state index in [2.05, 4.69) is 0 Å². The average Bonchev–Trinajstić information content (AvgIpc) is 2.70. The fourth-order valence-electron chi connectivity index (χ4n) is 2.21. The van der Waals surface area contributed by atoms with Crippen LogP contribution in [0.5, 0.6) is 11.5 Å². The third-order valence-corrected chi connectivity index (χ3v) is 4.82. The molecule has 0 aliphatic rings. The molecule has 0 aliphatic heterocycles. The second-order valence-electron chi connectivity index (χ2n) is 6.07. The molecule has 6 nitrogen and oxygen atoms in total. The maximum atomic E-state index is 13.1. The van der Waals surface area contributed by atoms with Crippen molar-refractivity contribution in [2.24, 2.45) is 0 Å². The number of benzene rings is 3. The zero-order chi connectivity index (χ0) is 20.0. The van der Waals surface area contributed by atoms with Crippen LogP contribution in [0.3, 0.4) is 0 Å². The number of hydrogen-bond donors (Lipinski definition) is 0. The predicted molar refractivity (Wildman–Crippen MR) is 104 cm³/mol. The van der Waals surface area contributed by atoms with Gasteiger partial charge in [-0.05, 0) is 54.9 Å². The van der Waals surface area contributed by atoms with Crippen molar-refractivity contribution in [3.63, 3.8) is 0 Å². The van der Waals surface area contributed by atoms with Crippen molar-refractivity contribution in [3.05, 3.63) is 95.6 Å². The van der Waals surface area contributed by atoms with E-state index in [9.17, 15) is 9.36 Å². The lowest BCUT2D eigenvalue weighted by Gasteiger charge is -2.17. The first-order valence-electron chi connectivity index (χ1n) is 8.52. The molecule has 3 aromatic carbocycles. The van der Waals surface area contributed by atoms with Crippen LogP contribution in [0.1, 0.15) is 21.5 Å². The molecule has 0 bridgehead atoms. The Bertz CT molecular complexity index is 917. The summed E-state index contributed by atoms with van der Waals surface area (Å²) in [5, 5.41) is 0. The van der Waals surface area contributed by atoms with Crippen LogP contribution in [0, 0.1) is 13.8 Å². The summed E-state index contributed by atoms with van der Waals surface area (Å²) in [4.78, 5) is 16.8. The van der Waals surface area contributed by atoms with E-state index in [1.54, 1.807) is 66.7 Å². The van der Waals surface area contributed by atoms with Gasteiger partial charge in [-0.25, -0.2) is 9.36 Å². The van der Waals surface area contributed by atoms with E-state index in [0.717, 1.165) is 11.1 Å². The van der Waals surface area contributed by atoms with Crippen molar-refractivity contribution in [1.82, 2.24) is 0 Å². The van der Waals surface area contributed by atoms with E-state index >= 15 is 0 Å². The minimum absolute atomic E-state index is 0.236. The summed E-state index contributed by atoms with van der Waals surface area (Å²) in [5.41, 5.74) is 2.23. The van der Waals surface area contributed by atoms with Crippen molar-refractivity contribution >= 4 is 13.8 Å². The molecule has 3 aromatic rings. The van der Waals surface area contributed by atoms with Crippen molar-refractivity contribution in [1.29, 1.82) is 0 Å². The maximum absolute atomic E-state index is 13.1. The molecule has 0 unspecified atom stereocenters. The van der Waals surface area contributed by atoms with Gasteiger partial charge in [-0.1, -0.05) is 53.6 Å². The van der Waals surface area contributed by atoms with Crippen molar-refractivity contribution < 1.29 is 28.0 Å². The SMILES string of the molecule is Cc1ccc(OP(=O)(OOC(=O)c2ccccc2)Oc2ccc(C)cc2)cc1. The Hall–Kier alpha value is -3.08. The van der Waals surface area contributed by atoms with Gasteiger partial charge in [0.2, 0.25) is 0 Å². The smallest absolute Gasteiger partial charge is 0.393 e. The Morgan fingerprint density at radius 3 is 1.64 bits per heavy atom. The third-order valence-electron chi connectivity index (χ3n) is 3.69. The number of rotatable bonds is 7. The molecular formula is C21H19O6P. The van der Waals surface area contributed by atoms with Gasteiger partial charge in [0.25, 0.3) is 0 Å². The molecule has 0 saturated carbocycles. The van der Waals surface area contributed by atoms with E-state index in [1.807, 2.05) is 13.8 Å². The standard InChI is InChI=1S/C21H19O6P/c1-16-8-12-19(13-9-16)25-28(23,26-20-14-10-17(2)11-15-20)27-24-21(22)18-6-4-3-5-7-18/h3-15H,1-2H3. The van der Waals surface area contributed by atoms with Gasteiger partial charge in [-0.15, -0.1) is 0 Å². The Morgan fingerprint density at radius 2 is 1.18 bits per heavy atom. The zero-order valence-corrected chi connectivity index (χ0v) is 16.3. The Kier molecular flexibility index (Phi) is 6.14. The predicted octanol–water partition coefficient (Wildman–Crippen LogP) is 5.66. The first-order chi connectivity index (χ1) is 13.4. The summed E-state index contributed by atoms with van der Waals surface area (Å²) in [7, 11) is -4.31.